The number of hydrogen-bond acceptors (Lipinski definition) is 7. The van der Waals surface area contributed by atoms with Crippen LogP contribution in [0.1, 0.15) is 22.8 Å². The number of rotatable bonds is 6. The average Bonchev–Trinajstić information content (AvgIpc) is 2.65. The van der Waals surface area contributed by atoms with Crippen molar-refractivity contribution in [3.05, 3.63) is 58.7 Å². The van der Waals surface area contributed by atoms with Crippen molar-refractivity contribution < 1.29 is 9.53 Å². The van der Waals surface area contributed by atoms with Crippen molar-refractivity contribution in [1.29, 1.82) is 0 Å². The number of ketones is 1. The first-order valence-corrected chi connectivity index (χ1v) is 8.53. The first-order chi connectivity index (χ1) is 13.0. The first-order valence-electron chi connectivity index (χ1n) is 8.15. The number of ether oxygens (including phenoxy) is 1. The summed E-state index contributed by atoms with van der Waals surface area (Å²) < 4.78 is 5.34. The molecule has 0 spiro atoms. The minimum Gasteiger partial charge on any atom is -0.495 e. The summed E-state index contributed by atoms with van der Waals surface area (Å²) in [6, 6.07) is 10.7. The minimum atomic E-state index is 0.0175. The van der Waals surface area contributed by atoms with Crippen LogP contribution in [0.4, 0.5) is 23.1 Å². The topological polar surface area (TPSA) is 89.0 Å². The number of aromatic nitrogens is 3. The van der Waals surface area contributed by atoms with Gasteiger partial charge in [-0.25, -0.2) is 0 Å². The summed E-state index contributed by atoms with van der Waals surface area (Å²) in [5.74, 6) is 1.41. The lowest BCUT2D eigenvalue weighted by molar-refractivity contribution is 0.101. The Balaban J connectivity index is 1.80. The van der Waals surface area contributed by atoms with Gasteiger partial charge in [0.05, 0.1) is 19.0 Å². The van der Waals surface area contributed by atoms with Crippen LogP contribution in [-0.4, -0.2) is 28.1 Å². The summed E-state index contributed by atoms with van der Waals surface area (Å²) in [4.78, 5) is 15.7. The number of halogens is 1. The van der Waals surface area contributed by atoms with Crippen LogP contribution in [-0.2, 0) is 0 Å². The number of nitrogens with one attached hydrogen (secondary N) is 2. The molecule has 3 aromatic rings. The number of methoxy groups -OCH3 is 1. The minimum absolute atomic E-state index is 0.0175. The van der Waals surface area contributed by atoms with E-state index in [1.165, 1.54) is 13.1 Å². The Kier molecular flexibility index (Phi) is 5.52. The van der Waals surface area contributed by atoms with Gasteiger partial charge in [-0.3, -0.25) is 4.79 Å². The van der Waals surface area contributed by atoms with Gasteiger partial charge >= 0.3 is 0 Å². The van der Waals surface area contributed by atoms with Gasteiger partial charge in [0, 0.05) is 22.3 Å². The van der Waals surface area contributed by atoms with Crippen LogP contribution in [0.2, 0.25) is 5.02 Å². The number of anilines is 4. The van der Waals surface area contributed by atoms with Crippen LogP contribution in [0, 0.1) is 6.92 Å². The molecule has 3 rings (SSSR count). The van der Waals surface area contributed by atoms with E-state index < -0.39 is 0 Å². The van der Waals surface area contributed by atoms with E-state index in [0.717, 1.165) is 11.3 Å². The van der Waals surface area contributed by atoms with Crippen LogP contribution < -0.4 is 15.4 Å². The Bertz CT molecular complexity index is 976. The molecule has 0 aliphatic heterocycles. The zero-order chi connectivity index (χ0) is 19.4. The number of nitrogens with zero attached hydrogens (tertiary/aromatic N) is 3. The molecule has 1 heterocycles. The predicted octanol–water partition coefficient (Wildman–Crippen LogP) is 4.53. The molecule has 8 heteroatoms. The van der Waals surface area contributed by atoms with E-state index in [1.54, 1.807) is 37.4 Å². The van der Waals surface area contributed by atoms with E-state index in [2.05, 4.69) is 25.8 Å². The van der Waals surface area contributed by atoms with Gasteiger partial charge < -0.3 is 15.4 Å². The van der Waals surface area contributed by atoms with Gasteiger partial charge in [-0.05, 0) is 49.7 Å². The summed E-state index contributed by atoms with van der Waals surface area (Å²) >= 11 is 6.13. The highest BCUT2D eigenvalue weighted by Crippen LogP contribution is 2.32. The number of Topliss-reactive ketones (excluding diaryl/α,β-unsaturated/α-hetero) is 1. The van der Waals surface area contributed by atoms with E-state index >= 15 is 0 Å². The summed E-state index contributed by atoms with van der Waals surface area (Å²) in [5, 5.41) is 14.8. The fraction of sp³-hybridized carbons (Fsp3) is 0.158. The molecule has 7 nitrogen and oxygen atoms in total. The van der Waals surface area contributed by atoms with Crippen LogP contribution in [0.25, 0.3) is 0 Å². The Morgan fingerprint density at radius 2 is 1.89 bits per heavy atom. The van der Waals surface area contributed by atoms with Crippen molar-refractivity contribution in [3.63, 3.8) is 0 Å². The van der Waals surface area contributed by atoms with Gasteiger partial charge in [-0.2, -0.15) is 10.1 Å². The van der Waals surface area contributed by atoms with Crippen molar-refractivity contribution in [3.8, 4) is 5.75 Å². The molecular weight excluding hydrogens is 366 g/mol. The molecule has 138 valence electrons. The van der Waals surface area contributed by atoms with E-state index in [0.29, 0.717) is 33.8 Å². The van der Waals surface area contributed by atoms with Gasteiger partial charge in [0.15, 0.2) is 11.6 Å². The molecule has 0 saturated heterocycles. The maximum atomic E-state index is 11.4. The van der Waals surface area contributed by atoms with Gasteiger partial charge in [0.2, 0.25) is 5.95 Å². The largest absolute Gasteiger partial charge is 0.495 e. The molecule has 0 amide bonds. The molecule has 27 heavy (non-hydrogen) atoms. The Labute approximate surface area is 161 Å². The molecule has 0 atom stereocenters. The van der Waals surface area contributed by atoms with Crippen LogP contribution >= 0.6 is 11.6 Å². The maximum Gasteiger partial charge on any atom is 0.249 e. The molecule has 1 aromatic heterocycles. The first kappa shape index (κ1) is 18.6. The van der Waals surface area contributed by atoms with Crippen molar-refractivity contribution >= 4 is 40.5 Å². The summed E-state index contributed by atoms with van der Waals surface area (Å²) in [5.41, 5.74) is 3.01. The van der Waals surface area contributed by atoms with Gasteiger partial charge in [0.25, 0.3) is 0 Å². The Morgan fingerprint density at radius 3 is 2.56 bits per heavy atom. The summed E-state index contributed by atoms with van der Waals surface area (Å²) in [7, 11) is 1.56. The fourth-order valence-corrected chi connectivity index (χ4v) is 2.56. The van der Waals surface area contributed by atoms with Gasteiger partial charge in [-0.1, -0.05) is 11.6 Å². The number of carbonyl (C=O) groups excluding carboxylic acids is 1. The highest BCUT2D eigenvalue weighted by Gasteiger charge is 2.10. The molecule has 0 unspecified atom stereocenters. The van der Waals surface area contributed by atoms with Crippen molar-refractivity contribution in [2.45, 2.75) is 13.8 Å². The van der Waals surface area contributed by atoms with Gasteiger partial charge in [0.1, 0.15) is 5.75 Å². The Hall–Kier alpha value is -3.19. The standard InChI is InChI=1S/C19H18ClN5O2/c1-11-8-16(17(27-3)9-15(11)20)23-19-24-18(10-21-25-19)22-14-6-4-13(5-7-14)12(2)26/h4-10H,1-3H3,(H2,22,23,24,25). The average molecular weight is 384 g/mol. The van der Waals surface area contributed by atoms with E-state index in [-0.39, 0.29) is 5.78 Å². The molecule has 0 saturated carbocycles. The summed E-state index contributed by atoms with van der Waals surface area (Å²) in [6.07, 6.45) is 1.51. The van der Waals surface area contributed by atoms with Crippen LogP contribution in [0.3, 0.4) is 0 Å². The molecule has 0 radical (unpaired) electrons. The van der Waals surface area contributed by atoms with Crippen molar-refractivity contribution in [1.82, 2.24) is 15.2 Å². The number of carbonyl (C=O) groups is 1. The van der Waals surface area contributed by atoms with Crippen molar-refractivity contribution in [2.24, 2.45) is 0 Å². The smallest absolute Gasteiger partial charge is 0.249 e. The second-order valence-corrected chi connectivity index (χ2v) is 6.26. The van der Waals surface area contributed by atoms with Crippen LogP contribution in [0.15, 0.2) is 42.6 Å². The number of benzene rings is 2. The summed E-state index contributed by atoms with van der Waals surface area (Å²) in [6.45, 7) is 3.43. The molecule has 2 aromatic carbocycles. The lowest BCUT2D eigenvalue weighted by Gasteiger charge is -2.12. The molecule has 0 aliphatic rings. The zero-order valence-electron chi connectivity index (χ0n) is 15.1. The van der Waals surface area contributed by atoms with Crippen LogP contribution in [0.5, 0.6) is 5.75 Å². The highest BCUT2D eigenvalue weighted by molar-refractivity contribution is 6.31. The quantitative estimate of drug-likeness (QED) is 0.604. The van der Waals surface area contributed by atoms with Gasteiger partial charge in [-0.15, -0.1) is 5.10 Å². The normalized spacial score (nSPS) is 10.4. The zero-order valence-corrected chi connectivity index (χ0v) is 15.8. The SMILES string of the molecule is COc1cc(Cl)c(C)cc1Nc1nncc(Nc2ccc(C(C)=O)cc2)n1. The number of aryl methyl sites for hydroxylation is 1. The monoisotopic (exact) mass is 383 g/mol. The fourth-order valence-electron chi connectivity index (χ4n) is 2.40. The van der Waals surface area contributed by atoms with E-state index in [4.69, 9.17) is 16.3 Å². The van der Waals surface area contributed by atoms with E-state index in [9.17, 15) is 4.79 Å². The number of hydrogen-bond donors (Lipinski definition) is 2. The molecule has 2 N–H and O–H groups in total. The third-order valence-electron chi connectivity index (χ3n) is 3.85. The second-order valence-electron chi connectivity index (χ2n) is 5.85. The van der Waals surface area contributed by atoms with Crippen molar-refractivity contribution in [2.75, 3.05) is 17.7 Å². The predicted molar refractivity (Wildman–Crippen MR) is 106 cm³/mol. The lowest BCUT2D eigenvalue weighted by atomic mass is 10.1. The highest BCUT2D eigenvalue weighted by atomic mass is 35.5. The Morgan fingerprint density at radius 1 is 1.15 bits per heavy atom. The third-order valence-corrected chi connectivity index (χ3v) is 4.26. The molecule has 0 fully saturated rings. The van der Waals surface area contributed by atoms with E-state index in [1.807, 2.05) is 13.0 Å². The third kappa shape index (κ3) is 4.51. The maximum absolute atomic E-state index is 11.4. The second kappa shape index (κ2) is 8.01. The molecule has 0 aliphatic carbocycles. The molecule has 0 bridgehead atoms. The molecular formula is C19H18ClN5O2. The lowest BCUT2D eigenvalue weighted by Crippen LogP contribution is -2.04.